The summed E-state index contributed by atoms with van der Waals surface area (Å²) in [7, 11) is 0. The number of nitrogens with zero attached hydrogens (tertiary/aromatic N) is 4. The van der Waals surface area contributed by atoms with Gasteiger partial charge in [-0.1, -0.05) is 18.2 Å². The molecule has 0 aliphatic carbocycles. The first-order chi connectivity index (χ1) is 19.8. The van der Waals surface area contributed by atoms with Crippen molar-refractivity contribution in [3.8, 4) is 0 Å². The fourth-order valence-electron chi connectivity index (χ4n) is 6.12. The molecule has 2 aromatic rings. The van der Waals surface area contributed by atoms with Gasteiger partial charge in [-0.15, -0.1) is 0 Å². The molecule has 2 amide bonds. The Morgan fingerprint density at radius 2 is 1.90 bits per heavy atom. The van der Waals surface area contributed by atoms with Crippen LogP contribution in [-0.4, -0.2) is 53.3 Å². The molecule has 0 saturated carbocycles. The van der Waals surface area contributed by atoms with E-state index in [9.17, 15) is 22.8 Å². The van der Waals surface area contributed by atoms with Crippen LogP contribution in [0.3, 0.4) is 0 Å². The average molecular weight is 589 g/mol. The number of aliphatic imine (C=N–C) groups is 1. The number of likely N-dealkylation sites (tertiary alicyclic amines) is 1. The van der Waals surface area contributed by atoms with E-state index in [1.54, 1.807) is 26.0 Å². The molecule has 224 valence electrons. The number of amides is 2. The Labute approximate surface area is 239 Å². The lowest BCUT2D eigenvalue weighted by molar-refractivity contribution is -0.142. The zero-order valence-electron chi connectivity index (χ0n) is 23.2. The molecule has 5 rings (SSSR count). The van der Waals surface area contributed by atoms with Gasteiger partial charge in [-0.25, -0.2) is 9.38 Å². The number of nitrogens with two attached hydrogens (primary N) is 2. The van der Waals surface area contributed by atoms with Gasteiger partial charge in [0, 0.05) is 36.9 Å². The lowest BCUT2D eigenvalue weighted by Crippen LogP contribution is -2.43. The highest BCUT2D eigenvalue weighted by Crippen LogP contribution is 2.48. The number of carbonyl (C=O) groups excluding carboxylic acids is 2. The number of carbonyl (C=O) groups is 2. The first-order valence-corrected chi connectivity index (χ1v) is 13.6. The summed E-state index contributed by atoms with van der Waals surface area (Å²) in [6, 6.07) is 7.23. The number of benzene rings is 1. The molecule has 1 aromatic carbocycles. The van der Waals surface area contributed by atoms with Crippen LogP contribution in [0.1, 0.15) is 60.7 Å². The molecule has 1 aromatic heterocycles. The minimum Gasteiger partial charge on any atom is -0.377 e. The molecule has 13 heteroatoms. The van der Waals surface area contributed by atoms with Crippen molar-refractivity contribution in [3.05, 3.63) is 69.8 Å². The molecule has 2 atom stereocenters. The van der Waals surface area contributed by atoms with Crippen LogP contribution < -0.4 is 17.1 Å². The summed E-state index contributed by atoms with van der Waals surface area (Å²) in [4.78, 5) is 30.8. The third-order valence-corrected chi connectivity index (χ3v) is 8.49. The molecule has 9 nitrogen and oxygen atoms in total. The number of aromatic nitrogens is 1. The molecule has 3 aliphatic heterocycles. The van der Waals surface area contributed by atoms with Crippen molar-refractivity contribution in [2.45, 2.75) is 51.5 Å². The summed E-state index contributed by atoms with van der Waals surface area (Å²) in [5.74, 6) is 3.31. The van der Waals surface area contributed by atoms with E-state index in [1.807, 2.05) is 0 Å². The molecule has 2 unspecified atom stereocenters. The second kappa shape index (κ2) is 11.0. The van der Waals surface area contributed by atoms with Crippen LogP contribution in [0.2, 0.25) is 0 Å². The molecular formula is C29H32F4N6O3. The highest BCUT2D eigenvalue weighted by atomic mass is 19.4. The van der Waals surface area contributed by atoms with E-state index in [-0.39, 0.29) is 60.6 Å². The average Bonchev–Trinajstić information content (AvgIpc) is 3.29. The largest absolute Gasteiger partial charge is 0.416 e. The van der Waals surface area contributed by atoms with Crippen molar-refractivity contribution >= 4 is 23.2 Å². The number of halogens is 4. The number of hydrogen-bond acceptors (Lipinski definition) is 6. The van der Waals surface area contributed by atoms with E-state index >= 15 is 4.39 Å². The maximum Gasteiger partial charge on any atom is 0.416 e. The third-order valence-electron chi connectivity index (χ3n) is 8.49. The summed E-state index contributed by atoms with van der Waals surface area (Å²) in [5.41, 5.74) is 6.09. The van der Waals surface area contributed by atoms with E-state index in [1.165, 1.54) is 23.2 Å². The van der Waals surface area contributed by atoms with Crippen molar-refractivity contribution in [1.29, 1.82) is 0 Å². The van der Waals surface area contributed by atoms with Gasteiger partial charge in [-0.2, -0.15) is 18.3 Å². The number of ether oxygens (including phenoxy) is 1. The summed E-state index contributed by atoms with van der Waals surface area (Å²) in [6.07, 6.45) is -4.43. The zero-order chi connectivity index (χ0) is 30.4. The van der Waals surface area contributed by atoms with Gasteiger partial charge in [-0.3, -0.25) is 14.2 Å². The highest BCUT2D eigenvalue weighted by Gasteiger charge is 2.46. The number of fused-ring (bicyclic) bond motifs is 1. The van der Waals surface area contributed by atoms with E-state index in [0.717, 1.165) is 10.6 Å². The van der Waals surface area contributed by atoms with E-state index in [2.05, 4.69) is 10.1 Å². The Morgan fingerprint density at radius 1 is 1.19 bits per heavy atom. The van der Waals surface area contributed by atoms with Crippen molar-refractivity contribution in [2.75, 3.05) is 26.3 Å². The number of rotatable bonds is 5. The van der Waals surface area contributed by atoms with Gasteiger partial charge < -0.3 is 21.2 Å². The fourth-order valence-corrected chi connectivity index (χ4v) is 6.12. The Hall–Kier alpha value is -4.00. The van der Waals surface area contributed by atoms with Gasteiger partial charge in [-0.05, 0) is 67.9 Å². The van der Waals surface area contributed by atoms with Gasteiger partial charge in [0.1, 0.15) is 5.71 Å². The maximum absolute atomic E-state index is 15.3. The van der Waals surface area contributed by atoms with Crippen LogP contribution in [0.25, 0.3) is 5.70 Å². The first-order valence-electron chi connectivity index (χ1n) is 13.6. The van der Waals surface area contributed by atoms with Crippen molar-refractivity contribution < 1.29 is 31.9 Å². The molecule has 0 bridgehead atoms. The van der Waals surface area contributed by atoms with Crippen LogP contribution in [0.15, 0.2) is 52.2 Å². The van der Waals surface area contributed by atoms with Crippen molar-refractivity contribution in [1.82, 2.24) is 9.47 Å². The van der Waals surface area contributed by atoms with E-state index in [4.69, 9.17) is 16.3 Å². The number of pyridine rings is 1. The van der Waals surface area contributed by atoms with E-state index in [0.29, 0.717) is 24.2 Å². The monoisotopic (exact) mass is 588 g/mol. The van der Waals surface area contributed by atoms with Crippen molar-refractivity contribution in [3.63, 3.8) is 0 Å². The number of hydrogen-bond donors (Lipinski definition) is 2. The number of aryl methyl sites for hydroxylation is 1. The standard InChI is InChI=1S/C29H32F4N6O3/c1-16-3-6-22(37-35)39(14-16)25(30)27(41)38-10-7-17(8-11-38)19-5-4-18(13-20(19)29(31,32)33)23-21-15-42-12-9-28(21,2)24(36-23)26(34)40/h3-6,13-14,17,25H,7-12,15,35H2,1-2H3,(H2,34,40). The van der Waals surface area contributed by atoms with Crippen LogP contribution >= 0.6 is 0 Å². The molecule has 0 spiro atoms. The van der Waals surface area contributed by atoms with Gasteiger partial charge in [0.05, 0.1) is 17.9 Å². The first kappa shape index (κ1) is 29.5. The summed E-state index contributed by atoms with van der Waals surface area (Å²) < 4.78 is 65.0. The molecule has 0 radical (unpaired) electrons. The molecule has 2 fully saturated rings. The number of alkyl halides is 4. The summed E-state index contributed by atoms with van der Waals surface area (Å²) >= 11 is 0. The number of primary amides is 1. The Bertz CT molecular complexity index is 1560. The molecule has 4 N–H and O–H groups in total. The second-order valence-electron chi connectivity index (χ2n) is 11.1. The highest BCUT2D eigenvalue weighted by molar-refractivity contribution is 6.43. The minimum absolute atomic E-state index is 0.0805. The lowest BCUT2D eigenvalue weighted by Gasteiger charge is -2.34. The van der Waals surface area contributed by atoms with Crippen LogP contribution in [0, 0.1) is 12.3 Å². The van der Waals surface area contributed by atoms with Gasteiger partial charge in [0.2, 0.25) is 0 Å². The molecule has 42 heavy (non-hydrogen) atoms. The van der Waals surface area contributed by atoms with Gasteiger partial charge >= 0.3 is 6.18 Å². The molecular weight excluding hydrogens is 556 g/mol. The van der Waals surface area contributed by atoms with Crippen molar-refractivity contribution in [2.24, 2.45) is 27.1 Å². The second-order valence-corrected chi connectivity index (χ2v) is 11.1. The quantitative estimate of drug-likeness (QED) is 0.315. The van der Waals surface area contributed by atoms with Crippen LogP contribution in [0.5, 0.6) is 0 Å². The maximum atomic E-state index is 15.3. The SMILES string of the molecule is Cc1ccc(=NN)n(C(F)C(=O)N2CCC(c3ccc(C4=C5COCCC5(C)C(C(N)=O)=N4)cc3C(F)(F)F)CC2)c1. The predicted octanol–water partition coefficient (Wildman–Crippen LogP) is 3.54. The Kier molecular flexibility index (Phi) is 7.73. The predicted molar refractivity (Wildman–Crippen MR) is 146 cm³/mol. The molecule has 2 saturated heterocycles. The van der Waals surface area contributed by atoms with Gasteiger partial charge in [0.15, 0.2) is 5.49 Å². The number of piperidine rings is 1. The smallest absolute Gasteiger partial charge is 0.377 e. The fraction of sp³-hybridized carbons (Fsp3) is 0.448. The normalized spacial score (nSPS) is 22.7. The zero-order valence-corrected chi connectivity index (χ0v) is 23.2. The summed E-state index contributed by atoms with van der Waals surface area (Å²) in [6.45, 7) is 4.23. The summed E-state index contributed by atoms with van der Waals surface area (Å²) in [5, 5.41) is 3.52. The topological polar surface area (TPSA) is 128 Å². The molecule has 3 aliphatic rings. The third kappa shape index (κ3) is 5.21. The minimum atomic E-state index is -4.67. The molecule has 4 heterocycles. The lowest BCUT2D eigenvalue weighted by atomic mass is 9.74. The Morgan fingerprint density at radius 3 is 2.55 bits per heavy atom. The Balaban J connectivity index is 1.40. The van der Waals surface area contributed by atoms with Gasteiger partial charge in [0.25, 0.3) is 18.1 Å². The van der Waals surface area contributed by atoms with Crippen LogP contribution in [0.4, 0.5) is 17.6 Å². The van der Waals surface area contributed by atoms with E-state index < -0.39 is 41.2 Å². The van der Waals surface area contributed by atoms with Crippen LogP contribution in [-0.2, 0) is 20.5 Å².